The zero-order valence-corrected chi connectivity index (χ0v) is 10.9. The number of fused-ring (bicyclic) bond motifs is 1. The Labute approximate surface area is 114 Å². The molecule has 1 aliphatic heterocycles. The van der Waals surface area contributed by atoms with Crippen molar-refractivity contribution in [1.29, 1.82) is 0 Å². The number of pyridine rings is 1. The molecule has 98 valence electrons. The summed E-state index contributed by atoms with van der Waals surface area (Å²) in [4.78, 5) is 29.4. The van der Waals surface area contributed by atoms with Gasteiger partial charge in [0.15, 0.2) is 0 Å². The van der Waals surface area contributed by atoms with Crippen LogP contribution in [0.5, 0.6) is 0 Å². The van der Waals surface area contributed by atoms with E-state index in [1.165, 1.54) is 0 Å². The van der Waals surface area contributed by atoms with Gasteiger partial charge in [-0.05, 0) is 12.1 Å². The second-order valence-electron chi connectivity index (χ2n) is 4.57. The van der Waals surface area contributed by atoms with Crippen molar-refractivity contribution in [3.8, 4) is 0 Å². The lowest BCUT2D eigenvalue weighted by Gasteiger charge is -2.25. The van der Waals surface area contributed by atoms with Gasteiger partial charge in [-0.2, -0.15) is 0 Å². The molecule has 0 aromatic carbocycles. The summed E-state index contributed by atoms with van der Waals surface area (Å²) >= 11 is 5.89. The predicted molar refractivity (Wildman–Crippen MR) is 70.3 cm³/mol. The maximum absolute atomic E-state index is 12.3. The fourth-order valence-electron chi connectivity index (χ4n) is 2.19. The van der Waals surface area contributed by atoms with E-state index in [0.717, 1.165) is 0 Å². The molecule has 0 bridgehead atoms. The van der Waals surface area contributed by atoms with Crippen LogP contribution < -0.4 is 0 Å². The number of hydrogen-bond acceptors (Lipinski definition) is 3. The van der Waals surface area contributed by atoms with Gasteiger partial charge in [0.2, 0.25) is 0 Å². The zero-order chi connectivity index (χ0) is 13.4. The van der Waals surface area contributed by atoms with E-state index >= 15 is 0 Å². The molecular formula is C13H12ClN3O2. The SMILES string of the molecule is O=C1CCN(C(=O)c2cn3cc(Cl)ccc3n2)CC1. The van der Waals surface area contributed by atoms with Gasteiger partial charge in [-0.3, -0.25) is 9.59 Å². The first-order chi connectivity index (χ1) is 9.13. The van der Waals surface area contributed by atoms with Crippen LogP contribution in [-0.4, -0.2) is 39.1 Å². The summed E-state index contributed by atoms with van der Waals surface area (Å²) in [5, 5.41) is 0.590. The number of piperidine rings is 1. The van der Waals surface area contributed by atoms with E-state index in [4.69, 9.17) is 11.6 Å². The standard InChI is InChI=1S/C13H12ClN3O2/c14-9-1-2-12-15-11(8-17(12)7-9)13(19)16-5-3-10(18)4-6-16/h1-2,7-8H,3-6H2. The number of aromatic nitrogens is 2. The fraction of sp³-hybridized carbons (Fsp3) is 0.308. The van der Waals surface area contributed by atoms with Crippen molar-refractivity contribution in [2.45, 2.75) is 12.8 Å². The normalized spacial score (nSPS) is 16.1. The van der Waals surface area contributed by atoms with Gasteiger partial charge in [0.1, 0.15) is 17.1 Å². The van der Waals surface area contributed by atoms with Crippen LogP contribution in [0.25, 0.3) is 5.65 Å². The van der Waals surface area contributed by atoms with E-state index in [-0.39, 0.29) is 11.7 Å². The zero-order valence-electron chi connectivity index (χ0n) is 10.2. The fourth-order valence-corrected chi connectivity index (χ4v) is 2.36. The van der Waals surface area contributed by atoms with Crippen molar-refractivity contribution in [3.63, 3.8) is 0 Å². The summed E-state index contributed by atoms with van der Waals surface area (Å²) in [6.45, 7) is 0.957. The van der Waals surface area contributed by atoms with E-state index in [2.05, 4.69) is 4.98 Å². The maximum atomic E-state index is 12.3. The number of ketones is 1. The molecule has 0 saturated carbocycles. The Balaban J connectivity index is 1.87. The van der Waals surface area contributed by atoms with Crippen LogP contribution in [0.2, 0.25) is 5.02 Å². The average molecular weight is 278 g/mol. The van der Waals surface area contributed by atoms with Gasteiger partial charge in [-0.15, -0.1) is 0 Å². The first kappa shape index (κ1) is 12.2. The molecule has 1 amide bonds. The number of rotatable bonds is 1. The molecule has 0 N–H and O–H groups in total. The number of halogens is 1. The lowest BCUT2D eigenvalue weighted by atomic mass is 10.1. The van der Waals surface area contributed by atoms with E-state index in [0.29, 0.717) is 42.3 Å². The molecule has 0 unspecified atom stereocenters. The second kappa shape index (κ2) is 4.66. The third-order valence-electron chi connectivity index (χ3n) is 3.24. The minimum absolute atomic E-state index is 0.132. The smallest absolute Gasteiger partial charge is 0.274 e. The number of imidazole rings is 1. The van der Waals surface area contributed by atoms with Crippen molar-refractivity contribution < 1.29 is 9.59 Å². The molecule has 6 heteroatoms. The van der Waals surface area contributed by atoms with Gasteiger partial charge in [0.05, 0.1) is 5.02 Å². The van der Waals surface area contributed by atoms with Gasteiger partial charge in [0, 0.05) is 38.3 Å². The largest absolute Gasteiger partial charge is 0.336 e. The van der Waals surface area contributed by atoms with E-state index < -0.39 is 0 Å². The Kier molecular flexibility index (Phi) is 2.98. The topological polar surface area (TPSA) is 54.7 Å². The lowest BCUT2D eigenvalue weighted by Crippen LogP contribution is -2.38. The molecule has 2 aromatic heterocycles. The van der Waals surface area contributed by atoms with Crippen molar-refractivity contribution in [3.05, 3.63) is 35.2 Å². The highest BCUT2D eigenvalue weighted by molar-refractivity contribution is 6.30. The molecule has 3 heterocycles. The van der Waals surface area contributed by atoms with Gasteiger partial charge in [0.25, 0.3) is 5.91 Å². The second-order valence-corrected chi connectivity index (χ2v) is 5.01. The minimum Gasteiger partial charge on any atom is -0.336 e. The van der Waals surface area contributed by atoms with Crippen molar-refractivity contribution in [2.24, 2.45) is 0 Å². The van der Waals surface area contributed by atoms with Crippen molar-refractivity contribution in [1.82, 2.24) is 14.3 Å². The predicted octanol–water partition coefficient (Wildman–Crippen LogP) is 1.79. The monoisotopic (exact) mass is 277 g/mol. The Morgan fingerprint density at radius 3 is 2.68 bits per heavy atom. The Hall–Kier alpha value is -1.88. The van der Waals surface area contributed by atoms with Crippen LogP contribution in [0, 0.1) is 0 Å². The van der Waals surface area contributed by atoms with Gasteiger partial charge >= 0.3 is 0 Å². The quantitative estimate of drug-likeness (QED) is 0.799. The molecule has 0 spiro atoms. The summed E-state index contributed by atoms with van der Waals surface area (Å²) < 4.78 is 1.73. The first-order valence-corrected chi connectivity index (χ1v) is 6.46. The van der Waals surface area contributed by atoms with Crippen LogP contribution in [0.1, 0.15) is 23.3 Å². The molecule has 1 aliphatic rings. The number of carbonyl (C=O) groups excluding carboxylic acids is 2. The van der Waals surface area contributed by atoms with Gasteiger partial charge < -0.3 is 9.30 Å². The number of likely N-dealkylation sites (tertiary alicyclic amines) is 1. The molecule has 0 aliphatic carbocycles. The summed E-state index contributed by atoms with van der Waals surface area (Å²) in [5.41, 5.74) is 1.07. The highest BCUT2D eigenvalue weighted by Crippen LogP contribution is 2.14. The van der Waals surface area contributed by atoms with Crippen LogP contribution in [0.4, 0.5) is 0 Å². The Morgan fingerprint density at radius 2 is 1.95 bits per heavy atom. The molecule has 0 radical (unpaired) electrons. The summed E-state index contributed by atoms with van der Waals surface area (Å²) in [5.74, 6) is 0.0816. The number of nitrogens with zero attached hydrogens (tertiary/aromatic N) is 3. The lowest BCUT2D eigenvalue weighted by molar-refractivity contribution is -0.120. The van der Waals surface area contributed by atoms with Crippen molar-refractivity contribution >= 4 is 28.9 Å². The molecular weight excluding hydrogens is 266 g/mol. The molecule has 5 nitrogen and oxygen atoms in total. The van der Waals surface area contributed by atoms with Crippen LogP contribution in [0.15, 0.2) is 24.5 Å². The average Bonchev–Trinajstić information content (AvgIpc) is 2.81. The number of Topliss-reactive ketones (excluding diaryl/α,β-unsaturated/α-hetero) is 1. The molecule has 3 rings (SSSR count). The van der Waals surface area contributed by atoms with Crippen LogP contribution in [-0.2, 0) is 4.79 Å². The third kappa shape index (κ3) is 2.33. The first-order valence-electron chi connectivity index (χ1n) is 6.09. The van der Waals surface area contributed by atoms with E-state index in [9.17, 15) is 9.59 Å². The molecule has 1 fully saturated rings. The highest BCUT2D eigenvalue weighted by Gasteiger charge is 2.23. The minimum atomic E-state index is -0.132. The van der Waals surface area contributed by atoms with Crippen molar-refractivity contribution in [2.75, 3.05) is 13.1 Å². The Morgan fingerprint density at radius 1 is 1.21 bits per heavy atom. The van der Waals surface area contributed by atoms with E-state index in [1.807, 2.05) is 0 Å². The third-order valence-corrected chi connectivity index (χ3v) is 3.47. The highest BCUT2D eigenvalue weighted by atomic mass is 35.5. The molecule has 0 atom stereocenters. The van der Waals surface area contributed by atoms with E-state index in [1.54, 1.807) is 33.8 Å². The number of carbonyl (C=O) groups is 2. The Bertz CT molecular complexity index is 655. The summed E-state index contributed by atoms with van der Waals surface area (Å²) in [7, 11) is 0. The number of amides is 1. The summed E-state index contributed by atoms with van der Waals surface area (Å²) in [6, 6.07) is 3.50. The number of hydrogen-bond donors (Lipinski definition) is 0. The van der Waals surface area contributed by atoms with Crippen LogP contribution >= 0.6 is 11.6 Å². The van der Waals surface area contributed by atoms with Gasteiger partial charge in [-0.25, -0.2) is 4.98 Å². The maximum Gasteiger partial charge on any atom is 0.274 e. The molecule has 1 saturated heterocycles. The molecule has 2 aromatic rings. The van der Waals surface area contributed by atoms with Gasteiger partial charge in [-0.1, -0.05) is 11.6 Å². The summed E-state index contributed by atoms with van der Waals surface area (Å²) in [6.07, 6.45) is 4.25. The van der Waals surface area contributed by atoms with Crippen LogP contribution in [0.3, 0.4) is 0 Å². The molecule has 19 heavy (non-hydrogen) atoms.